The molecule has 2 aromatic rings. The van der Waals surface area contributed by atoms with Crippen LogP contribution in [-0.4, -0.2) is 17.6 Å². The van der Waals surface area contributed by atoms with Gasteiger partial charge in [0.15, 0.2) is 0 Å². The topological polar surface area (TPSA) is 67.2 Å². The highest BCUT2D eigenvalue weighted by Crippen LogP contribution is 2.25. The summed E-state index contributed by atoms with van der Waals surface area (Å²) in [6.07, 6.45) is 2.00. The van der Waals surface area contributed by atoms with Crippen molar-refractivity contribution in [2.24, 2.45) is 0 Å². The van der Waals surface area contributed by atoms with Crippen molar-refractivity contribution in [3.05, 3.63) is 46.3 Å². The van der Waals surface area contributed by atoms with E-state index in [1.54, 1.807) is 0 Å². The molecule has 1 aliphatic rings. The van der Waals surface area contributed by atoms with Crippen molar-refractivity contribution in [2.45, 2.75) is 33.2 Å². The van der Waals surface area contributed by atoms with Crippen LogP contribution < -0.4 is 10.6 Å². The van der Waals surface area contributed by atoms with E-state index >= 15 is 0 Å². The van der Waals surface area contributed by atoms with Gasteiger partial charge < -0.3 is 15.2 Å². The molecule has 0 fully saturated rings. The maximum absolute atomic E-state index is 12.4. The number of aromatic nitrogens is 1. The Morgan fingerprint density at radius 2 is 2.29 bits per heavy atom. The van der Waals surface area contributed by atoms with Crippen LogP contribution in [0.4, 0.5) is 5.69 Å². The second kappa shape index (κ2) is 5.60. The van der Waals surface area contributed by atoms with Gasteiger partial charge in [0.1, 0.15) is 5.76 Å². The fraction of sp³-hybridized carbons (Fsp3) is 0.375. The Kier molecular flexibility index (Phi) is 3.64. The van der Waals surface area contributed by atoms with Gasteiger partial charge in [-0.15, -0.1) is 0 Å². The molecule has 2 N–H and O–H groups in total. The second-order valence-electron chi connectivity index (χ2n) is 5.35. The highest BCUT2D eigenvalue weighted by Gasteiger charge is 2.18. The molecule has 0 radical (unpaired) electrons. The van der Waals surface area contributed by atoms with Crippen LogP contribution in [-0.2, 0) is 13.0 Å². The average Bonchev–Trinajstić information content (AvgIpc) is 2.83. The van der Waals surface area contributed by atoms with Crippen molar-refractivity contribution in [1.29, 1.82) is 0 Å². The van der Waals surface area contributed by atoms with Gasteiger partial charge in [-0.2, -0.15) is 0 Å². The monoisotopic (exact) mass is 285 g/mol. The maximum Gasteiger partial charge on any atom is 0.251 e. The Labute approximate surface area is 123 Å². The van der Waals surface area contributed by atoms with Gasteiger partial charge >= 0.3 is 0 Å². The number of benzene rings is 1. The SMILES string of the molecule is Cc1noc(C)c1CNC(=O)c1cccc2c1CCCN2. The summed E-state index contributed by atoms with van der Waals surface area (Å²) in [5.41, 5.74) is 4.72. The first-order valence-electron chi connectivity index (χ1n) is 7.22. The molecular formula is C16H19N3O2. The number of nitrogens with zero attached hydrogens (tertiary/aromatic N) is 1. The Bertz CT molecular complexity index is 657. The molecule has 0 aliphatic carbocycles. The molecule has 5 nitrogen and oxygen atoms in total. The Balaban J connectivity index is 1.77. The lowest BCUT2D eigenvalue weighted by atomic mass is 9.97. The van der Waals surface area contributed by atoms with Crippen LogP contribution in [0.15, 0.2) is 22.7 Å². The number of nitrogens with one attached hydrogen (secondary N) is 2. The van der Waals surface area contributed by atoms with Gasteiger partial charge in [0.2, 0.25) is 0 Å². The molecule has 2 heterocycles. The minimum Gasteiger partial charge on any atom is -0.385 e. The van der Waals surface area contributed by atoms with Gasteiger partial charge in [-0.25, -0.2) is 0 Å². The molecule has 0 unspecified atom stereocenters. The number of anilines is 1. The predicted octanol–water partition coefficient (Wildman–Crippen LogP) is 2.58. The van der Waals surface area contributed by atoms with Crippen LogP contribution in [0, 0.1) is 13.8 Å². The first-order valence-corrected chi connectivity index (χ1v) is 7.22. The summed E-state index contributed by atoms with van der Waals surface area (Å²) < 4.78 is 5.11. The zero-order valence-electron chi connectivity index (χ0n) is 12.3. The lowest BCUT2D eigenvalue weighted by Gasteiger charge is -2.20. The molecule has 1 aliphatic heterocycles. The number of rotatable bonds is 3. The number of carbonyl (C=O) groups is 1. The van der Waals surface area contributed by atoms with Crippen LogP contribution in [0.2, 0.25) is 0 Å². The summed E-state index contributed by atoms with van der Waals surface area (Å²) in [5, 5.41) is 10.2. The number of carbonyl (C=O) groups excluding carboxylic acids is 1. The molecule has 1 aromatic heterocycles. The van der Waals surface area contributed by atoms with E-state index in [9.17, 15) is 4.79 Å². The Morgan fingerprint density at radius 3 is 3.05 bits per heavy atom. The highest BCUT2D eigenvalue weighted by molar-refractivity contribution is 5.97. The van der Waals surface area contributed by atoms with E-state index in [1.807, 2.05) is 32.0 Å². The van der Waals surface area contributed by atoms with Crippen molar-refractivity contribution < 1.29 is 9.32 Å². The third kappa shape index (κ3) is 2.63. The Hall–Kier alpha value is -2.30. The van der Waals surface area contributed by atoms with Gasteiger partial charge in [0, 0.05) is 29.9 Å². The average molecular weight is 285 g/mol. The minimum absolute atomic E-state index is 0.0458. The maximum atomic E-state index is 12.4. The van der Waals surface area contributed by atoms with Crippen LogP contribution in [0.1, 0.15) is 39.4 Å². The van der Waals surface area contributed by atoms with Gasteiger partial charge in [0.05, 0.1) is 5.69 Å². The number of aryl methyl sites for hydroxylation is 2. The van der Waals surface area contributed by atoms with Crippen molar-refractivity contribution >= 4 is 11.6 Å². The fourth-order valence-electron chi connectivity index (χ4n) is 2.74. The standard InChI is InChI=1S/C16H19N3O2/c1-10-14(11(2)21-19-10)9-18-16(20)13-5-3-7-15-12(13)6-4-8-17-15/h3,5,7,17H,4,6,8-9H2,1-2H3,(H,18,20). The van der Waals surface area contributed by atoms with E-state index in [4.69, 9.17) is 4.52 Å². The summed E-state index contributed by atoms with van der Waals surface area (Å²) >= 11 is 0. The molecule has 1 amide bonds. The first kappa shape index (κ1) is 13.7. The van der Waals surface area contributed by atoms with Crippen molar-refractivity contribution in [3.8, 4) is 0 Å². The van der Waals surface area contributed by atoms with Crippen molar-refractivity contribution in [3.63, 3.8) is 0 Å². The van der Waals surface area contributed by atoms with Crippen LogP contribution in [0.25, 0.3) is 0 Å². The van der Waals surface area contributed by atoms with Gasteiger partial charge in [-0.05, 0) is 44.4 Å². The van der Waals surface area contributed by atoms with Crippen LogP contribution in [0.5, 0.6) is 0 Å². The summed E-state index contributed by atoms with van der Waals surface area (Å²) in [7, 11) is 0. The largest absolute Gasteiger partial charge is 0.385 e. The first-order chi connectivity index (χ1) is 10.2. The third-order valence-corrected chi connectivity index (χ3v) is 3.95. The summed E-state index contributed by atoms with van der Waals surface area (Å²) in [6, 6.07) is 5.83. The molecule has 21 heavy (non-hydrogen) atoms. The molecule has 5 heteroatoms. The summed E-state index contributed by atoms with van der Waals surface area (Å²) in [5.74, 6) is 0.708. The van der Waals surface area contributed by atoms with E-state index in [0.717, 1.165) is 53.2 Å². The molecule has 0 saturated heterocycles. The molecule has 0 bridgehead atoms. The number of hydrogen-bond acceptors (Lipinski definition) is 4. The van der Waals surface area contributed by atoms with Gasteiger partial charge in [-0.1, -0.05) is 11.2 Å². The number of hydrogen-bond donors (Lipinski definition) is 2. The smallest absolute Gasteiger partial charge is 0.251 e. The molecule has 0 saturated carbocycles. The van der Waals surface area contributed by atoms with E-state index in [-0.39, 0.29) is 5.91 Å². The molecule has 3 rings (SSSR count). The quantitative estimate of drug-likeness (QED) is 0.909. The summed E-state index contributed by atoms with van der Waals surface area (Å²) in [6.45, 7) is 5.15. The lowest BCUT2D eigenvalue weighted by molar-refractivity contribution is 0.0950. The predicted molar refractivity (Wildman–Crippen MR) is 80.4 cm³/mol. The molecule has 1 aromatic carbocycles. The van der Waals surface area contributed by atoms with E-state index in [1.165, 1.54) is 0 Å². The lowest BCUT2D eigenvalue weighted by Crippen LogP contribution is -2.26. The van der Waals surface area contributed by atoms with Crippen LogP contribution in [0.3, 0.4) is 0 Å². The molecular weight excluding hydrogens is 266 g/mol. The van der Waals surface area contributed by atoms with Crippen LogP contribution >= 0.6 is 0 Å². The Morgan fingerprint density at radius 1 is 1.43 bits per heavy atom. The zero-order chi connectivity index (χ0) is 14.8. The molecule has 110 valence electrons. The zero-order valence-corrected chi connectivity index (χ0v) is 12.3. The highest BCUT2D eigenvalue weighted by atomic mass is 16.5. The minimum atomic E-state index is -0.0458. The normalized spacial score (nSPS) is 13.4. The number of fused-ring (bicyclic) bond motifs is 1. The van der Waals surface area contributed by atoms with E-state index in [2.05, 4.69) is 15.8 Å². The second-order valence-corrected chi connectivity index (χ2v) is 5.35. The van der Waals surface area contributed by atoms with E-state index < -0.39 is 0 Å². The van der Waals surface area contributed by atoms with Crippen molar-refractivity contribution in [1.82, 2.24) is 10.5 Å². The van der Waals surface area contributed by atoms with Gasteiger partial charge in [-0.3, -0.25) is 4.79 Å². The van der Waals surface area contributed by atoms with Crippen molar-refractivity contribution in [2.75, 3.05) is 11.9 Å². The molecule has 0 atom stereocenters. The van der Waals surface area contributed by atoms with E-state index in [0.29, 0.717) is 6.54 Å². The molecule has 0 spiro atoms. The van der Waals surface area contributed by atoms with Gasteiger partial charge in [0.25, 0.3) is 5.91 Å². The third-order valence-electron chi connectivity index (χ3n) is 3.95. The number of amides is 1. The fourth-order valence-corrected chi connectivity index (χ4v) is 2.74. The summed E-state index contributed by atoms with van der Waals surface area (Å²) in [4.78, 5) is 12.4.